The quantitative estimate of drug-likeness (QED) is 0.847. The second-order valence-corrected chi connectivity index (χ2v) is 4.63. The highest BCUT2D eigenvalue weighted by molar-refractivity contribution is 6.30. The van der Waals surface area contributed by atoms with E-state index in [1.165, 1.54) is 0 Å². The van der Waals surface area contributed by atoms with Gasteiger partial charge in [-0.1, -0.05) is 30.7 Å². The second kappa shape index (κ2) is 6.95. The molecule has 0 fully saturated rings. The highest BCUT2D eigenvalue weighted by Gasteiger charge is 1.98. The summed E-state index contributed by atoms with van der Waals surface area (Å²) in [5, 5.41) is 7.24. The van der Waals surface area contributed by atoms with Gasteiger partial charge in [0.05, 0.1) is 0 Å². The zero-order valence-electron chi connectivity index (χ0n) is 10.9. The SMILES string of the molecule is CCCNc1cc(NCc2ccc(Cl)cc2)ncn1. The van der Waals surface area contributed by atoms with Gasteiger partial charge in [-0.2, -0.15) is 0 Å². The Hall–Kier alpha value is -1.81. The molecule has 2 aromatic rings. The lowest BCUT2D eigenvalue weighted by molar-refractivity contribution is 0.963. The van der Waals surface area contributed by atoms with Crippen molar-refractivity contribution in [1.29, 1.82) is 0 Å². The van der Waals surface area contributed by atoms with Crippen LogP contribution in [0.1, 0.15) is 18.9 Å². The number of benzene rings is 1. The van der Waals surface area contributed by atoms with Gasteiger partial charge in [-0.3, -0.25) is 0 Å². The highest BCUT2D eigenvalue weighted by Crippen LogP contribution is 2.12. The van der Waals surface area contributed by atoms with Crippen molar-refractivity contribution >= 4 is 23.2 Å². The minimum atomic E-state index is 0.710. The lowest BCUT2D eigenvalue weighted by Crippen LogP contribution is -2.05. The predicted molar refractivity (Wildman–Crippen MR) is 79.6 cm³/mol. The van der Waals surface area contributed by atoms with E-state index < -0.39 is 0 Å². The Bertz CT molecular complexity index is 513. The Labute approximate surface area is 118 Å². The lowest BCUT2D eigenvalue weighted by Gasteiger charge is -2.08. The van der Waals surface area contributed by atoms with Gasteiger partial charge < -0.3 is 10.6 Å². The molecule has 5 heteroatoms. The molecule has 0 saturated carbocycles. The molecule has 0 bridgehead atoms. The zero-order valence-corrected chi connectivity index (χ0v) is 11.6. The molecule has 2 rings (SSSR count). The van der Waals surface area contributed by atoms with Gasteiger partial charge >= 0.3 is 0 Å². The summed E-state index contributed by atoms with van der Waals surface area (Å²) in [6.45, 7) is 3.74. The van der Waals surface area contributed by atoms with Crippen LogP contribution in [0.4, 0.5) is 11.6 Å². The van der Waals surface area contributed by atoms with Crippen molar-refractivity contribution in [2.75, 3.05) is 17.2 Å². The average molecular weight is 277 g/mol. The van der Waals surface area contributed by atoms with Crippen LogP contribution in [0.5, 0.6) is 0 Å². The van der Waals surface area contributed by atoms with E-state index in [9.17, 15) is 0 Å². The van der Waals surface area contributed by atoms with E-state index in [1.807, 2.05) is 30.3 Å². The summed E-state index contributed by atoms with van der Waals surface area (Å²) in [6, 6.07) is 9.66. The van der Waals surface area contributed by atoms with Crippen LogP contribution in [0.3, 0.4) is 0 Å². The first-order valence-corrected chi connectivity index (χ1v) is 6.70. The van der Waals surface area contributed by atoms with Gasteiger partial charge in [0, 0.05) is 24.2 Å². The second-order valence-electron chi connectivity index (χ2n) is 4.20. The van der Waals surface area contributed by atoms with Crippen LogP contribution in [0, 0.1) is 0 Å². The predicted octanol–water partition coefficient (Wildman–Crippen LogP) is 3.56. The molecule has 0 radical (unpaired) electrons. The fourth-order valence-electron chi connectivity index (χ4n) is 1.60. The number of nitrogens with one attached hydrogen (secondary N) is 2. The molecule has 0 atom stereocenters. The fourth-order valence-corrected chi connectivity index (χ4v) is 1.72. The smallest absolute Gasteiger partial charge is 0.131 e. The number of hydrogen-bond acceptors (Lipinski definition) is 4. The van der Waals surface area contributed by atoms with Crippen LogP contribution in [0.2, 0.25) is 5.02 Å². The molecule has 1 heterocycles. The van der Waals surface area contributed by atoms with E-state index in [-0.39, 0.29) is 0 Å². The van der Waals surface area contributed by atoms with E-state index in [4.69, 9.17) is 11.6 Å². The van der Waals surface area contributed by atoms with Crippen LogP contribution in [-0.4, -0.2) is 16.5 Å². The monoisotopic (exact) mass is 276 g/mol. The summed E-state index contributed by atoms with van der Waals surface area (Å²) in [5.74, 6) is 1.65. The van der Waals surface area contributed by atoms with E-state index in [0.717, 1.165) is 35.2 Å². The Morgan fingerprint density at radius 2 is 1.74 bits per heavy atom. The molecule has 100 valence electrons. The number of aromatic nitrogens is 2. The molecular formula is C14H17ClN4. The zero-order chi connectivity index (χ0) is 13.5. The minimum Gasteiger partial charge on any atom is -0.370 e. The van der Waals surface area contributed by atoms with Gasteiger partial charge in [0.25, 0.3) is 0 Å². The summed E-state index contributed by atoms with van der Waals surface area (Å²) in [7, 11) is 0. The van der Waals surface area contributed by atoms with E-state index in [2.05, 4.69) is 27.5 Å². The normalized spacial score (nSPS) is 10.2. The van der Waals surface area contributed by atoms with Gasteiger partial charge in [0.1, 0.15) is 18.0 Å². The topological polar surface area (TPSA) is 49.8 Å². The van der Waals surface area contributed by atoms with Crippen molar-refractivity contribution < 1.29 is 0 Å². The van der Waals surface area contributed by atoms with E-state index in [1.54, 1.807) is 6.33 Å². The summed E-state index contributed by atoms with van der Waals surface area (Å²) in [6.07, 6.45) is 2.62. The molecule has 4 nitrogen and oxygen atoms in total. The van der Waals surface area contributed by atoms with Crippen molar-refractivity contribution in [2.45, 2.75) is 19.9 Å². The summed E-state index contributed by atoms with van der Waals surface area (Å²) >= 11 is 5.85. The van der Waals surface area contributed by atoms with Gasteiger partial charge in [-0.15, -0.1) is 0 Å². The van der Waals surface area contributed by atoms with Crippen molar-refractivity contribution in [3.05, 3.63) is 47.2 Å². The van der Waals surface area contributed by atoms with Gasteiger partial charge in [-0.05, 0) is 24.1 Å². The Balaban J connectivity index is 1.93. The van der Waals surface area contributed by atoms with Crippen LogP contribution in [0.15, 0.2) is 36.7 Å². The number of hydrogen-bond donors (Lipinski definition) is 2. The molecule has 0 saturated heterocycles. The maximum atomic E-state index is 5.85. The summed E-state index contributed by atoms with van der Waals surface area (Å²) in [4.78, 5) is 8.36. The van der Waals surface area contributed by atoms with Crippen LogP contribution in [-0.2, 0) is 6.54 Å². The van der Waals surface area contributed by atoms with Gasteiger partial charge in [0.2, 0.25) is 0 Å². The molecule has 0 spiro atoms. The maximum Gasteiger partial charge on any atom is 0.131 e. The largest absolute Gasteiger partial charge is 0.370 e. The average Bonchev–Trinajstić information content (AvgIpc) is 2.45. The molecule has 0 unspecified atom stereocenters. The highest BCUT2D eigenvalue weighted by atomic mass is 35.5. The molecule has 19 heavy (non-hydrogen) atoms. The number of halogens is 1. The first-order valence-electron chi connectivity index (χ1n) is 6.32. The molecule has 0 aliphatic carbocycles. The molecule has 1 aromatic heterocycles. The van der Waals surface area contributed by atoms with Crippen molar-refractivity contribution in [1.82, 2.24) is 9.97 Å². The van der Waals surface area contributed by atoms with Gasteiger partial charge in [0.15, 0.2) is 0 Å². The number of rotatable bonds is 6. The van der Waals surface area contributed by atoms with Crippen molar-refractivity contribution in [3.63, 3.8) is 0 Å². The molecule has 2 N–H and O–H groups in total. The standard InChI is InChI=1S/C14H17ClN4/c1-2-7-16-13-8-14(19-10-18-13)17-9-11-3-5-12(15)6-4-11/h3-6,8,10H,2,7,9H2,1H3,(H2,16,17,18,19). The third-order valence-corrected chi connectivity index (χ3v) is 2.86. The first kappa shape index (κ1) is 13.6. The Kier molecular flexibility index (Phi) is 4.98. The molecule has 0 aliphatic rings. The van der Waals surface area contributed by atoms with E-state index >= 15 is 0 Å². The van der Waals surface area contributed by atoms with Crippen molar-refractivity contribution in [2.24, 2.45) is 0 Å². The Morgan fingerprint density at radius 1 is 1.05 bits per heavy atom. The van der Waals surface area contributed by atoms with Crippen LogP contribution >= 0.6 is 11.6 Å². The third-order valence-electron chi connectivity index (χ3n) is 2.61. The number of nitrogens with zero attached hydrogens (tertiary/aromatic N) is 2. The molecular weight excluding hydrogens is 260 g/mol. The fraction of sp³-hybridized carbons (Fsp3) is 0.286. The molecule has 1 aromatic carbocycles. The maximum absolute atomic E-state index is 5.85. The third kappa shape index (κ3) is 4.41. The van der Waals surface area contributed by atoms with Crippen molar-refractivity contribution in [3.8, 4) is 0 Å². The molecule has 0 amide bonds. The molecule has 0 aliphatic heterocycles. The Morgan fingerprint density at radius 3 is 2.42 bits per heavy atom. The number of anilines is 2. The first-order chi connectivity index (χ1) is 9.28. The lowest BCUT2D eigenvalue weighted by atomic mass is 10.2. The van der Waals surface area contributed by atoms with E-state index in [0.29, 0.717) is 6.54 Å². The minimum absolute atomic E-state index is 0.710. The summed E-state index contributed by atoms with van der Waals surface area (Å²) in [5.41, 5.74) is 1.16. The van der Waals surface area contributed by atoms with Crippen LogP contribution < -0.4 is 10.6 Å². The van der Waals surface area contributed by atoms with Gasteiger partial charge in [-0.25, -0.2) is 9.97 Å². The summed E-state index contributed by atoms with van der Waals surface area (Å²) < 4.78 is 0. The van der Waals surface area contributed by atoms with Crippen LogP contribution in [0.25, 0.3) is 0 Å².